The van der Waals surface area contributed by atoms with E-state index in [0.29, 0.717) is 13.1 Å². The van der Waals surface area contributed by atoms with Gasteiger partial charge in [0, 0.05) is 51.9 Å². The molecule has 2 amide bonds. The quantitative estimate of drug-likeness (QED) is 0.754. The summed E-state index contributed by atoms with van der Waals surface area (Å²) in [4.78, 5) is 18.1. The van der Waals surface area contributed by atoms with Gasteiger partial charge in [0.1, 0.15) is 0 Å². The molecule has 2 rings (SSSR count). The van der Waals surface area contributed by atoms with Crippen molar-refractivity contribution in [2.24, 2.45) is 0 Å². The fourth-order valence-corrected chi connectivity index (χ4v) is 2.71. The van der Waals surface area contributed by atoms with Gasteiger partial charge in [-0.2, -0.15) is 0 Å². The van der Waals surface area contributed by atoms with Crippen LogP contribution in [0.15, 0.2) is 30.3 Å². The third-order valence-corrected chi connectivity index (χ3v) is 4.23. The van der Waals surface area contributed by atoms with E-state index >= 15 is 0 Å². The Morgan fingerprint density at radius 3 is 2.64 bits per heavy atom. The Labute approximate surface area is 150 Å². The first-order chi connectivity index (χ1) is 12.0. The number of hydrogen-bond acceptors (Lipinski definition) is 4. The zero-order chi connectivity index (χ0) is 18.1. The van der Waals surface area contributed by atoms with E-state index in [2.05, 4.69) is 34.0 Å². The van der Waals surface area contributed by atoms with Gasteiger partial charge in [-0.25, -0.2) is 4.79 Å². The van der Waals surface area contributed by atoms with Crippen molar-refractivity contribution >= 4 is 6.03 Å². The average molecular weight is 344 g/mol. The van der Waals surface area contributed by atoms with Crippen molar-refractivity contribution in [1.82, 2.24) is 20.0 Å². The number of nitrogens with one attached hydrogen (secondary N) is 1. The van der Waals surface area contributed by atoms with Crippen molar-refractivity contribution in [3.05, 3.63) is 35.9 Å². The number of likely N-dealkylation sites (N-methyl/N-ethyl adjacent to an activating group) is 2. The molecule has 1 aliphatic rings. The van der Waals surface area contributed by atoms with Crippen molar-refractivity contribution in [2.45, 2.75) is 6.10 Å². The molecule has 0 aliphatic carbocycles. The maximum absolute atomic E-state index is 12.0. The maximum Gasteiger partial charge on any atom is 0.317 e. The zero-order valence-electron chi connectivity index (χ0n) is 15.1. The highest BCUT2D eigenvalue weighted by Crippen LogP contribution is 2.01. The third kappa shape index (κ3) is 7.14. The van der Waals surface area contributed by atoms with E-state index in [9.17, 15) is 9.90 Å². The van der Waals surface area contributed by atoms with Crippen LogP contribution in [0.4, 0.5) is 4.79 Å². The summed E-state index contributed by atoms with van der Waals surface area (Å²) in [5, 5.41) is 13.0. The number of amides is 2. The Morgan fingerprint density at radius 2 is 1.96 bits per heavy atom. The fraction of sp³-hybridized carbons (Fsp3) is 0.526. The second-order valence-electron chi connectivity index (χ2n) is 6.46. The van der Waals surface area contributed by atoms with Gasteiger partial charge < -0.3 is 20.2 Å². The van der Waals surface area contributed by atoms with E-state index in [1.54, 1.807) is 7.05 Å². The van der Waals surface area contributed by atoms with Crippen LogP contribution in [-0.4, -0.2) is 91.8 Å². The summed E-state index contributed by atoms with van der Waals surface area (Å²) in [6.45, 7) is 5.14. The molecule has 136 valence electrons. The number of hydrogen-bond donors (Lipinski definition) is 2. The van der Waals surface area contributed by atoms with Crippen molar-refractivity contribution in [2.75, 3.05) is 59.9 Å². The van der Waals surface area contributed by atoms with Gasteiger partial charge in [0.15, 0.2) is 0 Å². The topological polar surface area (TPSA) is 59.1 Å². The minimum atomic E-state index is -0.547. The second-order valence-corrected chi connectivity index (χ2v) is 6.46. The molecule has 1 atom stereocenters. The second kappa shape index (κ2) is 10.0. The van der Waals surface area contributed by atoms with Gasteiger partial charge in [0.25, 0.3) is 0 Å². The number of carbonyl (C=O) groups is 1. The van der Waals surface area contributed by atoms with Crippen LogP contribution < -0.4 is 5.32 Å². The number of urea groups is 1. The van der Waals surface area contributed by atoms with Crippen molar-refractivity contribution in [3.63, 3.8) is 0 Å². The standard InChI is InChI=1S/C19H28N4O2/c1-21-11-13-23(14-12-21)16-18(24)15-22(2)19(25)20-10-6-9-17-7-4-3-5-8-17/h3-5,7-8,18,24H,10-16H2,1-2H3,(H,20,25). The maximum atomic E-state index is 12.0. The van der Waals surface area contributed by atoms with Crippen LogP contribution in [0.1, 0.15) is 5.56 Å². The first-order valence-electron chi connectivity index (χ1n) is 8.66. The lowest BCUT2D eigenvalue weighted by Gasteiger charge is -2.34. The normalized spacial score (nSPS) is 16.6. The van der Waals surface area contributed by atoms with Gasteiger partial charge >= 0.3 is 6.03 Å². The molecule has 0 radical (unpaired) electrons. The van der Waals surface area contributed by atoms with Gasteiger partial charge in [0.05, 0.1) is 12.6 Å². The van der Waals surface area contributed by atoms with E-state index in [4.69, 9.17) is 0 Å². The lowest BCUT2D eigenvalue weighted by atomic mass is 10.2. The summed E-state index contributed by atoms with van der Waals surface area (Å²) >= 11 is 0. The fourth-order valence-electron chi connectivity index (χ4n) is 2.71. The SMILES string of the molecule is CN1CCN(CC(O)CN(C)C(=O)NCC#Cc2ccccc2)CC1. The van der Waals surface area contributed by atoms with Gasteiger partial charge in [0.2, 0.25) is 0 Å². The van der Waals surface area contributed by atoms with E-state index in [0.717, 1.165) is 31.7 Å². The minimum Gasteiger partial charge on any atom is -0.390 e. The molecule has 1 saturated heterocycles. The van der Waals surface area contributed by atoms with Crippen LogP contribution in [0.25, 0.3) is 0 Å². The number of rotatable bonds is 5. The number of aliphatic hydroxyl groups excluding tert-OH is 1. The smallest absolute Gasteiger partial charge is 0.317 e. The molecule has 1 aromatic rings. The van der Waals surface area contributed by atoms with Crippen LogP contribution in [0.5, 0.6) is 0 Å². The first-order valence-corrected chi connectivity index (χ1v) is 8.66. The molecule has 1 unspecified atom stereocenters. The van der Waals surface area contributed by atoms with E-state index < -0.39 is 6.10 Å². The summed E-state index contributed by atoms with van der Waals surface area (Å²) in [5.74, 6) is 5.92. The number of benzene rings is 1. The van der Waals surface area contributed by atoms with Crippen molar-refractivity contribution in [1.29, 1.82) is 0 Å². The number of carbonyl (C=O) groups excluding carboxylic acids is 1. The van der Waals surface area contributed by atoms with Crippen molar-refractivity contribution in [3.8, 4) is 11.8 Å². The first kappa shape index (κ1) is 19.3. The predicted molar refractivity (Wildman–Crippen MR) is 99.3 cm³/mol. The molecule has 1 fully saturated rings. The molecule has 6 nitrogen and oxygen atoms in total. The van der Waals surface area contributed by atoms with Gasteiger partial charge in [-0.05, 0) is 19.2 Å². The molecule has 1 heterocycles. The summed E-state index contributed by atoms with van der Waals surface area (Å²) in [6.07, 6.45) is -0.547. The van der Waals surface area contributed by atoms with Gasteiger partial charge in [-0.1, -0.05) is 30.0 Å². The number of piperazine rings is 1. The Kier molecular flexibility index (Phi) is 7.74. The van der Waals surface area contributed by atoms with Crippen LogP contribution in [0.3, 0.4) is 0 Å². The summed E-state index contributed by atoms with van der Waals surface area (Å²) in [6, 6.07) is 9.43. The monoisotopic (exact) mass is 344 g/mol. The number of β-amino-alcohol motifs (C(OH)–C–C–N with tert-alkyl or cyclic N) is 1. The molecule has 0 aromatic heterocycles. The summed E-state index contributed by atoms with van der Waals surface area (Å²) < 4.78 is 0. The van der Waals surface area contributed by atoms with Crippen LogP contribution in [0, 0.1) is 11.8 Å². The van der Waals surface area contributed by atoms with Gasteiger partial charge in [-0.3, -0.25) is 4.90 Å². The number of aliphatic hydroxyl groups is 1. The largest absolute Gasteiger partial charge is 0.390 e. The molecule has 6 heteroatoms. The van der Waals surface area contributed by atoms with Crippen LogP contribution in [-0.2, 0) is 0 Å². The molecule has 2 N–H and O–H groups in total. The molecule has 0 bridgehead atoms. The zero-order valence-corrected chi connectivity index (χ0v) is 15.1. The third-order valence-electron chi connectivity index (χ3n) is 4.23. The minimum absolute atomic E-state index is 0.222. The Bertz CT molecular complexity index is 588. The molecule has 0 saturated carbocycles. The highest BCUT2D eigenvalue weighted by molar-refractivity contribution is 5.74. The lowest BCUT2D eigenvalue weighted by molar-refractivity contribution is 0.0659. The highest BCUT2D eigenvalue weighted by atomic mass is 16.3. The van der Waals surface area contributed by atoms with E-state index in [1.165, 1.54) is 4.90 Å². The molecule has 25 heavy (non-hydrogen) atoms. The summed E-state index contributed by atoms with van der Waals surface area (Å²) in [5.41, 5.74) is 0.924. The van der Waals surface area contributed by atoms with E-state index in [-0.39, 0.29) is 12.6 Å². The number of nitrogens with zero attached hydrogens (tertiary/aromatic N) is 3. The predicted octanol–water partition coefficient (Wildman–Crippen LogP) is 0.288. The molecule has 1 aliphatic heterocycles. The van der Waals surface area contributed by atoms with Crippen molar-refractivity contribution < 1.29 is 9.90 Å². The van der Waals surface area contributed by atoms with Crippen LogP contribution >= 0.6 is 0 Å². The molecular formula is C19H28N4O2. The molecule has 1 aromatic carbocycles. The van der Waals surface area contributed by atoms with E-state index in [1.807, 2.05) is 30.3 Å². The summed E-state index contributed by atoms with van der Waals surface area (Å²) in [7, 11) is 3.79. The lowest BCUT2D eigenvalue weighted by Crippen LogP contribution is -2.49. The Balaban J connectivity index is 1.66. The van der Waals surface area contributed by atoms with Crippen LogP contribution in [0.2, 0.25) is 0 Å². The molecule has 0 spiro atoms. The molecular weight excluding hydrogens is 316 g/mol. The Morgan fingerprint density at radius 1 is 1.28 bits per heavy atom. The highest BCUT2D eigenvalue weighted by Gasteiger charge is 2.19. The average Bonchev–Trinajstić information content (AvgIpc) is 2.61. The van der Waals surface area contributed by atoms with Gasteiger partial charge in [-0.15, -0.1) is 0 Å². The Hall–Kier alpha value is -2.07.